The topological polar surface area (TPSA) is 43.8 Å². The van der Waals surface area contributed by atoms with Crippen LogP contribution < -0.4 is 5.73 Å². The molecule has 2 N–H and O–H groups in total. The molecule has 0 amide bonds. The normalized spacial score (nSPS) is 11.8. The molecule has 18 heavy (non-hydrogen) atoms. The van der Waals surface area contributed by atoms with Crippen LogP contribution in [0, 0.1) is 6.92 Å². The molecule has 3 nitrogen and oxygen atoms in total. The Balaban J connectivity index is 2.27. The van der Waals surface area contributed by atoms with E-state index >= 15 is 0 Å². The molecule has 1 heterocycles. The maximum Gasteiger partial charge on any atom is 0.122 e. The number of aromatic nitrogens is 2. The average molecular weight is 243 g/mol. The molecule has 0 aliphatic rings. The largest absolute Gasteiger partial charge is 0.384 e. The Morgan fingerprint density at radius 1 is 1.22 bits per heavy atom. The third kappa shape index (κ3) is 2.73. The van der Waals surface area contributed by atoms with Gasteiger partial charge in [-0.05, 0) is 12.5 Å². The van der Waals surface area contributed by atoms with Gasteiger partial charge in [0.15, 0.2) is 0 Å². The molecule has 1 aromatic carbocycles. The summed E-state index contributed by atoms with van der Waals surface area (Å²) in [5.74, 6) is 0.724. The van der Waals surface area contributed by atoms with Crippen LogP contribution in [-0.4, -0.2) is 9.78 Å². The summed E-state index contributed by atoms with van der Waals surface area (Å²) in [7, 11) is 0. The van der Waals surface area contributed by atoms with Crippen molar-refractivity contribution in [2.24, 2.45) is 0 Å². The van der Waals surface area contributed by atoms with Gasteiger partial charge >= 0.3 is 0 Å². The summed E-state index contributed by atoms with van der Waals surface area (Å²) in [5, 5.41) is 4.60. The molecule has 2 aromatic rings. The minimum Gasteiger partial charge on any atom is -0.384 e. The van der Waals surface area contributed by atoms with Gasteiger partial charge in [0.1, 0.15) is 5.82 Å². The van der Waals surface area contributed by atoms with E-state index in [9.17, 15) is 0 Å². The molecule has 0 unspecified atom stereocenters. The van der Waals surface area contributed by atoms with Gasteiger partial charge < -0.3 is 5.73 Å². The van der Waals surface area contributed by atoms with Gasteiger partial charge in [0.25, 0.3) is 0 Å². The van der Waals surface area contributed by atoms with Gasteiger partial charge in [-0.2, -0.15) is 5.10 Å². The lowest BCUT2D eigenvalue weighted by Crippen LogP contribution is -2.13. The lowest BCUT2D eigenvalue weighted by Gasteiger charge is -2.14. The van der Waals surface area contributed by atoms with Gasteiger partial charge in [0, 0.05) is 11.5 Å². The summed E-state index contributed by atoms with van der Waals surface area (Å²) in [6, 6.07) is 10.4. The summed E-state index contributed by atoms with van der Waals surface area (Å²) in [4.78, 5) is 0. The second kappa shape index (κ2) is 4.48. The fraction of sp³-hybridized carbons (Fsp3) is 0.400. The van der Waals surface area contributed by atoms with Gasteiger partial charge in [-0.3, -0.25) is 0 Å². The first-order chi connectivity index (χ1) is 8.36. The van der Waals surface area contributed by atoms with Crippen LogP contribution in [0.25, 0.3) is 0 Å². The zero-order chi connectivity index (χ0) is 13.3. The predicted molar refractivity (Wildman–Crippen MR) is 75.6 cm³/mol. The lowest BCUT2D eigenvalue weighted by atomic mass is 9.92. The van der Waals surface area contributed by atoms with E-state index in [2.05, 4.69) is 57.1 Å². The summed E-state index contributed by atoms with van der Waals surface area (Å²) in [6.07, 6.45) is 0. The standard InChI is InChI=1S/C15H21N3/c1-11-6-5-7-12(8-11)10-18-14(16)9-13(17-18)15(2,3)4/h5-9H,10,16H2,1-4H3. The number of hydrogen-bond acceptors (Lipinski definition) is 2. The molecular formula is C15H21N3. The number of nitrogens with two attached hydrogens (primary N) is 1. The van der Waals surface area contributed by atoms with Crippen molar-refractivity contribution in [2.75, 3.05) is 5.73 Å². The summed E-state index contributed by atoms with van der Waals surface area (Å²) in [5.41, 5.74) is 9.58. The number of rotatable bonds is 2. The molecule has 96 valence electrons. The van der Waals surface area contributed by atoms with E-state index in [0.717, 1.165) is 18.1 Å². The van der Waals surface area contributed by atoms with Crippen molar-refractivity contribution in [3.63, 3.8) is 0 Å². The van der Waals surface area contributed by atoms with Crippen LogP contribution in [0.2, 0.25) is 0 Å². The third-order valence-corrected chi connectivity index (χ3v) is 2.99. The first kappa shape index (κ1) is 12.7. The van der Waals surface area contributed by atoms with Crippen molar-refractivity contribution in [1.29, 1.82) is 0 Å². The highest BCUT2D eigenvalue weighted by Gasteiger charge is 2.18. The molecule has 0 fully saturated rings. The zero-order valence-corrected chi connectivity index (χ0v) is 11.6. The van der Waals surface area contributed by atoms with Crippen molar-refractivity contribution < 1.29 is 0 Å². The van der Waals surface area contributed by atoms with Crippen molar-refractivity contribution in [2.45, 2.75) is 39.7 Å². The van der Waals surface area contributed by atoms with Gasteiger partial charge in [0.05, 0.1) is 12.2 Å². The van der Waals surface area contributed by atoms with Crippen LogP contribution in [-0.2, 0) is 12.0 Å². The van der Waals surface area contributed by atoms with E-state index in [1.165, 1.54) is 11.1 Å². The average Bonchev–Trinajstić information content (AvgIpc) is 2.60. The van der Waals surface area contributed by atoms with E-state index in [-0.39, 0.29) is 5.41 Å². The van der Waals surface area contributed by atoms with E-state index in [0.29, 0.717) is 0 Å². The van der Waals surface area contributed by atoms with Crippen LogP contribution in [0.15, 0.2) is 30.3 Å². The first-order valence-electron chi connectivity index (χ1n) is 6.25. The minimum atomic E-state index is 0.0337. The highest BCUT2D eigenvalue weighted by atomic mass is 15.3. The SMILES string of the molecule is Cc1cccc(Cn2nc(C(C)(C)C)cc2N)c1. The van der Waals surface area contributed by atoms with E-state index in [1.54, 1.807) is 0 Å². The molecule has 3 heteroatoms. The molecule has 0 saturated heterocycles. The minimum absolute atomic E-state index is 0.0337. The number of aryl methyl sites for hydroxylation is 1. The fourth-order valence-electron chi connectivity index (χ4n) is 1.91. The number of nitrogen functional groups attached to an aromatic ring is 1. The van der Waals surface area contributed by atoms with Crippen LogP contribution in [0.3, 0.4) is 0 Å². The Kier molecular flexibility index (Phi) is 3.16. The molecule has 2 rings (SSSR count). The van der Waals surface area contributed by atoms with Crippen molar-refractivity contribution in [3.05, 3.63) is 47.2 Å². The highest BCUT2D eigenvalue weighted by molar-refractivity contribution is 5.35. The molecular weight excluding hydrogens is 222 g/mol. The van der Waals surface area contributed by atoms with Crippen molar-refractivity contribution >= 4 is 5.82 Å². The molecule has 0 spiro atoms. The molecule has 0 bridgehead atoms. The van der Waals surface area contributed by atoms with Crippen LogP contribution in [0.5, 0.6) is 0 Å². The Hall–Kier alpha value is -1.77. The first-order valence-corrected chi connectivity index (χ1v) is 6.25. The quantitative estimate of drug-likeness (QED) is 0.880. The third-order valence-electron chi connectivity index (χ3n) is 2.99. The number of hydrogen-bond donors (Lipinski definition) is 1. The smallest absolute Gasteiger partial charge is 0.122 e. The van der Waals surface area contributed by atoms with Crippen LogP contribution in [0.4, 0.5) is 5.82 Å². The number of nitrogens with zero attached hydrogens (tertiary/aromatic N) is 2. The number of anilines is 1. The predicted octanol–water partition coefficient (Wildman–Crippen LogP) is 3.12. The summed E-state index contributed by atoms with van der Waals surface area (Å²) in [6.45, 7) is 9.25. The Bertz CT molecular complexity index is 547. The Morgan fingerprint density at radius 2 is 1.94 bits per heavy atom. The Morgan fingerprint density at radius 3 is 2.50 bits per heavy atom. The van der Waals surface area contributed by atoms with Gasteiger partial charge in [0.2, 0.25) is 0 Å². The second-order valence-electron chi connectivity index (χ2n) is 5.85. The number of benzene rings is 1. The van der Waals surface area contributed by atoms with Crippen LogP contribution >= 0.6 is 0 Å². The van der Waals surface area contributed by atoms with E-state index < -0.39 is 0 Å². The van der Waals surface area contributed by atoms with Gasteiger partial charge in [-0.1, -0.05) is 50.6 Å². The van der Waals surface area contributed by atoms with Gasteiger partial charge in [-0.15, -0.1) is 0 Å². The molecule has 1 aromatic heterocycles. The maximum absolute atomic E-state index is 6.02. The van der Waals surface area contributed by atoms with Crippen LogP contribution in [0.1, 0.15) is 37.6 Å². The van der Waals surface area contributed by atoms with Crippen molar-refractivity contribution in [1.82, 2.24) is 9.78 Å². The lowest BCUT2D eigenvalue weighted by molar-refractivity contribution is 0.546. The zero-order valence-electron chi connectivity index (χ0n) is 11.6. The summed E-state index contributed by atoms with van der Waals surface area (Å²) < 4.78 is 1.87. The monoisotopic (exact) mass is 243 g/mol. The molecule has 0 saturated carbocycles. The fourth-order valence-corrected chi connectivity index (χ4v) is 1.91. The van der Waals surface area contributed by atoms with E-state index in [1.807, 2.05) is 10.7 Å². The molecule has 0 aliphatic carbocycles. The summed E-state index contributed by atoms with van der Waals surface area (Å²) >= 11 is 0. The highest BCUT2D eigenvalue weighted by Crippen LogP contribution is 2.23. The molecule has 0 atom stereocenters. The van der Waals surface area contributed by atoms with E-state index in [4.69, 9.17) is 5.73 Å². The molecule has 0 aliphatic heterocycles. The van der Waals surface area contributed by atoms with Gasteiger partial charge in [-0.25, -0.2) is 4.68 Å². The maximum atomic E-state index is 6.02. The molecule has 0 radical (unpaired) electrons. The van der Waals surface area contributed by atoms with Crippen molar-refractivity contribution in [3.8, 4) is 0 Å². The Labute approximate surface area is 109 Å². The second-order valence-corrected chi connectivity index (χ2v) is 5.85.